The molecule has 2 heterocycles. The number of carbonyl (C=O) groups excluding carboxylic acids is 2. The Morgan fingerprint density at radius 3 is 2.24 bits per heavy atom. The van der Waals surface area contributed by atoms with Crippen molar-refractivity contribution >= 4 is 17.6 Å². The zero-order valence-corrected chi connectivity index (χ0v) is 19.4. The lowest BCUT2D eigenvalue weighted by atomic mass is 9.87. The molecule has 0 aliphatic carbocycles. The Hall–Kier alpha value is -4.22. The minimum absolute atomic E-state index is 0.0426. The summed E-state index contributed by atoms with van der Waals surface area (Å²) in [6.07, 6.45) is 1.25. The Bertz CT molecular complexity index is 1300. The molecule has 194 valence electrons. The number of nitrogens with zero attached hydrogens (tertiary/aromatic N) is 2. The molecule has 0 spiro atoms. The summed E-state index contributed by atoms with van der Waals surface area (Å²) in [6.45, 7) is -1.62. The number of pyridine rings is 1. The van der Waals surface area contributed by atoms with Gasteiger partial charge in [0.2, 0.25) is 0 Å². The van der Waals surface area contributed by atoms with Gasteiger partial charge < -0.3 is 14.8 Å². The van der Waals surface area contributed by atoms with E-state index in [4.69, 9.17) is 4.74 Å². The number of alkyl halides is 2. The number of amides is 2. The molecule has 0 radical (unpaired) electrons. The summed E-state index contributed by atoms with van der Waals surface area (Å²) < 4.78 is 78.8. The second-order valence-electron chi connectivity index (χ2n) is 8.14. The Balaban J connectivity index is 1.74. The Labute approximate surface area is 207 Å². The minimum atomic E-state index is -3.06. The highest BCUT2D eigenvalue weighted by atomic mass is 19.3. The largest absolute Gasteiger partial charge is 0.497 e. The predicted molar refractivity (Wildman–Crippen MR) is 121 cm³/mol. The molecule has 12 heteroatoms. The van der Waals surface area contributed by atoms with E-state index < -0.39 is 59.4 Å². The monoisotopic (exact) mass is 521 g/mol. The molecule has 0 bridgehead atoms. The summed E-state index contributed by atoms with van der Waals surface area (Å²) in [4.78, 5) is 31.3. The molecular weight excluding hydrogens is 501 g/mol. The fourth-order valence-corrected chi connectivity index (χ4v) is 4.36. The molecule has 2 amide bonds. The van der Waals surface area contributed by atoms with Crippen molar-refractivity contribution in [2.75, 3.05) is 12.0 Å². The van der Waals surface area contributed by atoms with Crippen molar-refractivity contribution in [3.8, 4) is 11.5 Å². The van der Waals surface area contributed by atoms with E-state index in [0.29, 0.717) is 0 Å². The lowest BCUT2D eigenvalue weighted by molar-refractivity contribution is -0.119. The smallest absolute Gasteiger partial charge is 0.387 e. The van der Waals surface area contributed by atoms with Crippen LogP contribution in [0.1, 0.15) is 28.8 Å². The quantitative estimate of drug-likeness (QED) is 0.466. The van der Waals surface area contributed by atoms with Crippen LogP contribution in [0.25, 0.3) is 0 Å². The summed E-state index contributed by atoms with van der Waals surface area (Å²) in [6, 6.07) is 6.27. The van der Waals surface area contributed by atoms with Crippen LogP contribution in [0, 0.1) is 17.5 Å². The Morgan fingerprint density at radius 2 is 1.68 bits per heavy atom. The number of anilines is 1. The number of benzene rings is 2. The van der Waals surface area contributed by atoms with Crippen molar-refractivity contribution < 1.29 is 41.0 Å². The second-order valence-corrected chi connectivity index (χ2v) is 8.14. The molecule has 1 N–H and O–H groups in total. The average Bonchev–Trinajstić information content (AvgIpc) is 3.08. The first-order valence-electron chi connectivity index (χ1n) is 10.9. The van der Waals surface area contributed by atoms with E-state index in [1.807, 2.05) is 0 Å². The van der Waals surface area contributed by atoms with Crippen LogP contribution in [0.2, 0.25) is 0 Å². The van der Waals surface area contributed by atoms with Gasteiger partial charge in [-0.05, 0) is 43.3 Å². The van der Waals surface area contributed by atoms with Crippen LogP contribution in [-0.2, 0) is 4.79 Å². The molecule has 1 saturated heterocycles. The number of halogens is 5. The molecule has 1 aromatic heterocycles. The molecule has 3 atom stereocenters. The van der Waals surface area contributed by atoms with E-state index in [0.717, 1.165) is 35.2 Å². The van der Waals surface area contributed by atoms with Gasteiger partial charge in [0, 0.05) is 41.4 Å². The first kappa shape index (κ1) is 25.9. The fraction of sp³-hybridized carbons (Fsp3) is 0.240. The van der Waals surface area contributed by atoms with Gasteiger partial charge in [-0.1, -0.05) is 0 Å². The molecule has 7 nitrogen and oxygen atoms in total. The third kappa shape index (κ3) is 5.04. The predicted octanol–water partition coefficient (Wildman–Crippen LogP) is 4.43. The van der Waals surface area contributed by atoms with Gasteiger partial charge in [0.25, 0.3) is 11.8 Å². The number of aromatic nitrogens is 1. The lowest BCUT2D eigenvalue weighted by Gasteiger charge is -2.25. The van der Waals surface area contributed by atoms with Crippen LogP contribution >= 0.6 is 0 Å². The van der Waals surface area contributed by atoms with Gasteiger partial charge in [-0.25, -0.2) is 18.2 Å². The number of methoxy groups -OCH3 is 1. The van der Waals surface area contributed by atoms with Crippen LogP contribution in [0.5, 0.6) is 11.5 Å². The van der Waals surface area contributed by atoms with Gasteiger partial charge >= 0.3 is 6.61 Å². The molecule has 37 heavy (non-hydrogen) atoms. The maximum Gasteiger partial charge on any atom is 0.387 e. The van der Waals surface area contributed by atoms with Crippen LogP contribution < -0.4 is 19.7 Å². The van der Waals surface area contributed by atoms with Crippen molar-refractivity contribution in [2.24, 2.45) is 0 Å². The van der Waals surface area contributed by atoms with Crippen LogP contribution in [0.3, 0.4) is 0 Å². The molecule has 1 aliphatic heterocycles. The van der Waals surface area contributed by atoms with Gasteiger partial charge in [-0.15, -0.1) is 0 Å². The van der Waals surface area contributed by atoms with Gasteiger partial charge in [0.05, 0.1) is 7.11 Å². The molecule has 0 unspecified atom stereocenters. The maximum atomic E-state index is 15.1. The van der Waals surface area contributed by atoms with Crippen molar-refractivity contribution in [3.05, 3.63) is 83.3 Å². The van der Waals surface area contributed by atoms with Crippen LogP contribution in [0.15, 0.2) is 54.7 Å². The zero-order valence-electron chi connectivity index (χ0n) is 19.4. The van der Waals surface area contributed by atoms with E-state index in [2.05, 4.69) is 15.0 Å². The number of hydrogen-bond acceptors (Lipinski definition) is 5. The molecule has 1 fully saturated rings. The molecule has 1 aliphatic rings. The molecule has 2 aromatic carbocycles. The Morgan fingerprint density at radius 1 is 1.03 bits per heavy atom. The lowest BCUT2D eigenvalue weighted by Crippen LogP contribution is -2.44. The number of rotatable bonds is 7. The standard InChI is InChI=1S/C25H20F5N3O4/c1-12-19(20-17(27)10-15(36-2)11-18(20)28)21(24(35)33(12)22-16(26)4-3-9-31-22)32-23(34)13-5-7-14(8-6-13)37-25(29)30/h3-12,19,21,25H,1-2H3,(H,32,34)/t12-,19-,21-/m0/s1. The highest BCUT2D eigenvalue weighted by Gasteiger charge is 2.51. The van der Waals surface area contributed by atoms with Crippen LogP contribution in [0.4, 0.5) is 27.8 Å². The van der Waals surface area contributed by atoms with E-state index in [-0.39, 0.29) is 22.9 Å². The van der Waals surface area contributed by atoms with Gasteiger partial charge in [0.1, 0.15) is 29.2 Å². The maximum absolute atomic E-state index is 15.1. The van der Waals surface area contributed by atoms with E-state index in [9.17, 15) is 22.8 Å². The van der Waals surface area contributed by atoms with Crippen molar-refractivity contribution in [3.63, 3.8) is 0 Å². The first-order chi connectivity index (χ1) is 17.6. The second kappa shape index (κ2) is 10.4. The molecule has 4 rings (SSSR count). The van der Waals surface area contributed by atoms with Gasteiger partial charge in [0.15, 0.2) is 11.6 Å². The van der Waals surface area contributed by atoms with Gasteiger partial charge in [-0.2, -0.15) is 8.78 Å². The summed E-state index contributed by atoms with van der Waals surface area (Å²) >= 11 is 0. The van der Waals surface area contributed by atoms with E-state index in [1.54, 1.807) is 0 Å². The molecule has 0 saturated carbocycles. The molecule has 3 aromatic rings. The van der Waals surface area contributed by atoms with E-state index in [1.165, 1.54) is 38.4 Å². The highest BCUT2D eigenvalue weighted by Crippen LogP contribution is 2.41. The first-order valence-corrected chi connectivity index (χ1v) is 10.9. The average molecular weight is 521 g/mol. The SMILES string of the molecule is COc1cc(F)c([C@H]2[C@H](NC(=O)c3ccc(OC(F)F)cc3)C(=O)N(c3ncccc3F)[C@H]2C)c(F)c1. The van der Waals surface area contributed by atoms with Gasteiger partial charge in [-0.3, -0.25) is 14.5 Å². The third-order valence-corrected chi connectivity index (χ3v) is 6.01. The summed E-state index contributed by atoms with van der Waals surface area (Å²) in [5, 5.41) is 2.45. The topological polar surface area (TPSA) is 80.8 Å². The third-order valence-electron chi connectivity index (χ3n) is 6.01. The molecular formula is C25H20F5N3O4. The fourth-order valence-electron chi connectivity index (χ4n) is 4.36. The summed E-state index contributed by atoms with van der Waals surface area (Å²) in [5.74, 6) is -6.57. The number of nitrogens with one attached hydrogen (secondary N) is 1. The zero-order chi connectivity index (χ0) is 26.9. The number of ether oxygens (including phenoxy) is 2. The van der Waals surface area contributed by atoms with Crippen molar-refractivity contribution in [1.82, 2.24) is 10.3 Å². The number of carbonyl (C=O) groups is 2. The number of hydrogen-bond donors (Lipinski definition) is 1. The van der Waals surface area contributed by atoms with Crippen molar-refractivity contribution in [1.29, 1.82) is 0 Å². The van der Waals surface area contributed by atoms with Crippen molar-refractivity contribution in [2.45, 2.75) is 31.5 Å². The summed E-state index contributed by atoms with van der Waals surface area (Å²) in [7, 11) is 1.22. The van der Waals surface area contributed by atoms with Crippen LogP contribution in [-0.4, -0.2) is 42.6 Å². The van der Waals surface area contributed by atoms with E-state index >= 15 is 8.78 Å². The normalized spacial score (nSPS) is 19.3. The summed E-state index contributed by atoms with van der Waals surface area (Å²) in [5.41, 5.74) is -0.551. The Kier molecular flexibility index (Phi) is 7.28. The minimum Gasteiger partial charge on any atom is -0.497 e. The highest BCUT2D eigenvalue weighted by molar-refractivity contribution is 6.05.